The number of ether oxygens (including phenoxy) is 1. The van der Waals surface area contributed by atoms with Gasteiger partial charge in [-0.15, -0.1) is 11.3 Å². The van der Waals surface area contributed by atoms with Crippen LogP contribution in [0.2, 0.25) is 5.02 Å². The van der Waals surface area contributed by atoms with Crippen molar-refractivity contribution in [2.45, 2.75) is 19.3 Å². The summed E-state index contributed by atoms with van der Waals surface area (Å²) in [5, 5.41) is 11.6. The molecular weight excluding hydrogens is 378 g/mol. The Morgan fingerprint density at radius 1 is 1.19 bits per heavy atom. The van der Waals surface area contributed by atoms with Crippen LogP contribution in [0.25, 0.3) is 27.0 Å². The summed E-state index contributed by atoms with van der Waals surface area (Å²) in [5.74, 6) is -0.387. The minimum absolute atomic E-state index is 0.168. The molecule has 0 unspecified atom stereocenters. The number of hydrogen-bond donors (Lipinski definition) is 1. The van der Waals surface area contributed by atoms with Gasteiger partial charge in [-0.3, -0.25) is 0 Å². The zero-order chi connectivity index (χ0) is 18.4. The van der Waals surface area contributed by atoms with Crippen LogP contribution in [0, 0.1) is 11.6 Å². The van der Waals surface area contributed by atoms with Crippen LogP contribution in [0.15, 0.2) is 35.9 Å². The Kier molecular flexibility index (Phi) is 4.37. The quantitative estimate of drug-likeness (QED) is 0.488. The summed E-state index contributed by atoms with van der Waals surface area (Å²) in [6, 6.07) is 7.06. The van der Waals surface area contributed by atoms with Gasteiger partial charge in [-0.05, 0) is 55.2 Å². The SMILES string of the molecule is COc1cc(-c2c(C(O)=C3CCC3)sc3cc(F)ccc23)c(F)cc1Cl. The average molecular weight is 393 g/mol. The van der Waals surface area contributed by atoms with Gasteiger partial charge in [0.25, 0.3) is 0 Å². The maximum Gasteiger partial charge on any atom is 0.138 e. The first kappa shape index (κ1) is 17.3. The number of allylic oxidation sites excluding steroid dienone is 1. The summed E-state index contributed by atoms with van der Waals surface area (Å²) in [7, 11) is 1.46. The van der Waals surface area contributed by atoms with Gasteiger partial charge < -0.3 is 9.84 Å². The van der Waals surface area contributed by atoms with E-state index in [2.05, 4.69) is 0 Å². The molecule has 0 spiro atoms. The summed E-state index contributed by atoms with van der Waals surface area (Å²) >= 11 is 7.27. The Hall–Kier alpha value is -2.11. The third-order valence-electron chi connectivity index (χ3n) is 4.67. The molecule has 1 heterocycles. The summed E-state index contributed by atoms with van der Waals surface area (Å²) in [6.07, 6.45) is 2.66. The Bertz CT molecular complexity index is 1050. The molecule has 1 aliphatic rings. The standard InChI is InChI=1S/C20H15ClF2O2S/c1-25-16-8-13(15(23)9-14(16)21)18-12-6-5-11(22)7-17(12)26-20(18)19(24)10-3-2-4-10/h5-9,24H,2-4H2,1H3. The number of fused-ring (bicyclic) bond motifs is 1. The smallest absolute Gasteiger partial charge is 0.138 e. The molecule has 134 valence electrons. The monoisotopic (exact) mass is 392 g/mol. The van der Waals surface area contributed by atoms with E-state index >= 15 is 0 Å². The van der Waals surface area contributed by atoms with Crippen LogP contribution in [-0.4, -0.2) is 12.2 Å². The van der Waals surface area contributed by atoms with Crippen LogP contribution in [0.3, 0.4) is 0 Å². The first-order chi connectivity index (χ1) is 12.5. The van der Waals surface area contributed by atoms with E-state index < -0.39 is 5.82 Å². The first-order valence-corrected chi connectivity index (χ1v) is 9.36. The van der Waals surface area contributed by atoms with Crippen molar-refractivity contribution in [3.05, 3.63) is 57.4 Å². The number of aliphatic hydroxyl groups is 1. The minimum Gasteiger partial charge on any atom is -0.506 e. The largest absolute Gasteiger partial charge is 0.506 e. The van der Waals surface area contributed by atoms with Crippen LogP contribution in [-0.2, 0) is 0 Å². The second-order valence-corrected chi connectivity index (χ2v) is 7.68. The fourth-order valence-electron chi connectivity index (χ4n) is 3.13. The van der Waals surface area contributed by atoms with Gasteiger partial charge in [-0.2, -0.15) is 0 Å². The van der Waals surface area contributed by atoms with Crippen LogP contribution in [0.5, 0.6) is 5.75 Å². The van der Waals surface area contributed by atoms with Crippen LogP contribution >= 0.6 is 22.9 Å². The van der Waals surface area contributed by atoms with Crippen molar-refractivity contribution in [1.82, 2.24) is 0 Å². The number of thiophene rings is 1. The van der Waals surface area contributed by atoms with Gasteiger partial charge >= 0.3 is 0 Å². The molecule has 1 saturated carbocycles. The summed E-state index contributed by atoms with van der Waals surface area (Å²) in [6.45, 7) is 0. The highest BCUT2D eigenvalue weighted by Gasteiger charge is 2.25. The van der Waals surface area contributed by atoms with Crippen molar-refractivity contribution >= 4 is 38.8 Å². The predicted molar refractivity (Wildman–Crippen MR) is 102 cm³/mol. The Labute approximate surface area is 158 Å². The van der Waals surface area contributed by atoms with Gasteiger partial charge in [0.15, 0.2) is 0 Å². The van der Waals surface area contributed by atoms with Crippen molar-refractivity contribution < 1.29 is 18.6 Å². The van der Waals surface area contributed by atoms with E-state index in [-0.39, 0.29) is 22.2 Å². The maximum atomic E-state index is 14.8. The normalized spacial score (nSPS) is 13.8. The Morgan fingerprint density at radius 3 is 2.62 bits per heavy atom. The van der Waals surface area contributed by atoms with Crippen molar-refractivity contribution in [3.8, 4) is 16.9 Å². The van der Waals surface area contributed by atoms with Crippen molar-refractivity contribution in [2.75, 3.05) is 7.11 Å². The molecule has 6 heteroatoms. The molecule has 0 aliphatic heterocycles. The highest BCUT2D eigenvalue weighted by Crippen LogP contribution is 2.46. The zero-order valence-electron chi connectivity index (χ0n) is 13.9. The second-order valence-electron chi connectivity index (χ2n) is 6.22. The van der Waals surface area contributed by atoms with Crippen molar-refractivity contribution in [2.24, 2.45) is 0 Å². The number of methoxy groups -OCH3 is 1. The van der Waals surface area contributed by atoms with Crippen LogP contribution in [0.4, 0.5) is 8.78 Å². The van der Waals surface area contributed by atoms with E-state index in [0.29, 0.717) is 26.3 Å². The second kappa shape index (κ2) is 6.56. The van der Waals surface area contributed by atoms with Gasteiger partial charge in [0.2, 0.25) is 0 Å². The summed E-state index contributed by atoms with van der Waals surface area (Å²) in [5.41, 5.74) is 1.75. The third kappa shape index (κ3) is 2.75. The van der Waals surface area contributed by atoms with E-state index in [9.17, 15) is 13.9 Å². The Balaban J connectivity index is 2.05. The lowest BCUT2D eigenvalue weighted by Gasteiger charge is -2.19. The molecule has 3 aromatic rings. The topological polar surface area (TPSA) is 29.5 Å². The number of rotatable bonds is 3. The molecule has 1 aromatic heterocycles. The highest BCUT2D eigenvalue weighted by molar-refractivity contribution is 7.20. The lowest BCUT2D eigenvalue weighted by Crippen LogP contribution is -2.01. The van der Waals surface area contributed by atoms with E-state index in [4.69, 9.17) is 16.3 Å². The fourth-order valence-corrected chi connectivity index (χ4v) is 4.59. The van der Waals surface area contributed by atoms with Crippen molar-refractivity contribution in [3.63, 3.8) is 0 Å². The molecule has 0 radical (unpaired) electrons. The molecule has 0 bridgehead atoms. The molecule has 2 aromatic carbocycles. The lowest BCUT2D eigenvalue weighted by atomic mass is 9.89. The molecule has 0 amide bonds. The van der Waals surface area contributed by atoms with Gasteiger partial charge in [-0.1, -0.05) is 11.6 Å². The number of hydrogen-bond acceptors (Lipinski definition) is 3. The lowest BCUT2D eigenvalue weighted by molar-refractivity contribution is 0.414. The molecule has 0 saturated heterocycles. The van der Waals surface area contributed by atoms with Gasteiger partial charge in [0.05, 0.1) is 17.0 Å². The average Bonchev–Trinajstić information content (AvgIpc) is 2.91. The Morgan fingerprint density at radius 2 is 1.96 bits per heavy atom. The summed E-state index contributed by atoms with van der Waals surface area (Å²) in [4.78, 5) is 0.545. The van der Waals surface area contributed by atoms with E-state index in [1.165, 1.54) is 42.7 Å². The number of aliphatic hydroxyl groups excluding tert-OH is 1. The van der Waals surface area contributed by atoms with Gasteiger partial charge in [-0.25, -0.2) is 8.78 Å². The molecule has 4 rings (SSSR count). The third-order valence-corrected chi connectivity index (χ3v) is 6.12. The van der Waals surface area contributed by atoms with Gasteiger partial charge in [0, 0.05) is 21.2 Å². The zero-order valence-corrected chi connectivity index (χ0v) is 15.5. The molecule has 2 nitrogen and oxygen atoms in total. The van der Waals surface area contributed by atoms with Crippen LogP contribution < -0.4 is 4.74 Å². The maximum absolute atomic E-state index is 14.8. The van der Waals surface area contributed by atoms with Crippen molar-refractivity contribution in [1.29, 1.82) is 0 Å². The minimum atomic E-state index is -0.521. The molecular formula is C20H15ClF2O2S. The first-order valence-electron chi connectivity index (χ1n) is 8.16. The van der Waals surface area contributed by atoms with E-state index in [1.54, 1.807) is 6.07 Å². The molecule has 1 N–H and O–H groups in total. The molecule has 1 aliphatic carbocycles. The van der Waals surface area contributed by atoms with Gasteiger partial charge in [0.1, 0.15) is 23.1 Å². The van der Waals surface area contributed by atoms with Crippen LogP contribution in [0.1, 0.15) is 24.1 Å². The molecule has 1 fully saturated rings. The van der Waals surface area contributed by atoms with E-state index in [0.717, 1.165) is 24.8 Å². The number of benzene rings is 2. The van der Waals surface area contributed by atoms with E-state index in [1.807, 2.05) is 0 Å². The predicted octanol–water partition coefficient (Wildman–Crippen LogP) is 6.96. The molecule has 26 heavy (non-hydrogen) atoms. The summed E-state index contributed by atoms with van der Waals surface area (Å²) < 4.78 is 34.3. The number of halogens is 3. The fraction of sp³-hybridized carbons (Fsp3) is 0.200. The highest BCUT2D eigenvalue weighted by atomic mass is 35.5. The molecule has 0 atom stereocenters.